The van der Waals surface area contributed by atoms with E-state index >= 15 is 0 Å². The van der Waals surface area contributed by atoms with E-state index in [-0.39, 0.29) is 18.0 Å². The number of piperazine rings is 1. The first-order chi connectivity index (χ1) is 13.8. The summed E-state index contributed by atoms with van der Waals surface area (Å²) in [6.45, 7) is 4.23. The molecular formula is C18H22N4O5S2. The third-order valence-corrected chi connectivity index (χ3v) is 8.00. The number of carbonyl (C=O) groups is 1. The van der Waals surface area contributed by atoms with Crippen molar-refractivity contribution in [2.45, 2.75) is 17.6 Å². The van der Waals surface area contributed by atoms with Gasteiger partial charge in [-0.15, -0.1) is 11.3 Å². The van der Waals surface area contributed by atoms with E-state index in [1.54, 1.807) is 18.2 Å². The summed E-state index contributed by atoms with van der Waals surface area (Å²) in [6, 6.07) is 9.23. The number of nitrogens with one attached hydrogen (secondary N) is 1. The Morgan fingerprint density at radius 3 is 2.55 bits per heavy atom. The molecule has 0 atom stereocenters. The maximum atomic E-state index is 12.7. The van der Waals surface area contributed by atoms with E-state index in [4.69, 9.17) is 0 Å². The van der Waals surface area contributed by atoms with Crippen LogP contribution in [0.5, 0.6) is 0 Å². The van der Waals surface area contributed by atoms with Crippen LogP contribution in [0.25, 0.3) is 0 Å². The molecule has 1 aliphatic rings. The zero-order chi connectivity index (χ0) is 21.0. The highest BCUT2D eigenvalue weighted by Gasteiger charge is 2.29. The maximum Gasteiger partial charge on any atom is 0.271 e. The quantitative estimate of drug-likeness (QED) is 0.524. The van der Waals surface area contributed by atoms with Crippen molar-refractivity contribution in [2.75, 3.05) is 38.0 Å². The Bertz CT molecular complexity index is 997. The first-order valence-corrected chi connectivity index (χ1v) is 11.3. The number of hydrogen-bond acceptors (Lipinski definition) is 7. The number of benzene rings is 1. The zero-order valence-electron chi connectivity index (χ0n) is 15.9. The molecule has 29 heavy (non-hydrogen) atoms. The number of non-ortho nitro benzene ring substituents is 1. The Morgan fingerprint density at radius 2 is 1.93 bits per heavy atom. The van der Waals surface area contributed by atoms with Gasteiger partial charge in [0.05, 0.1) is 4.92 Å². The lowest BCUT2D eigenvalue weighted by atomic mass is 10.2. The molecule has 0 saturated carbocycles. The molecule has 1 aliphatic heterocycles. The lowest BCUT2D eigenvalue weighted by molar-refractivity contribution is -0.384. The number of rotatable bonds is 7. The van der Waals surface area contributed by atoms with Crippen molar-refractivity contribution >= 4 is 38.6 Å². The van der Waals surface area contributed by atoms with Crippen LogP contribution in [0.4, 0.5) is 11.4 Å². The topological polar surface area (TPSA) is 113 Å². The second kappa shape index (κ2) is 8.99. The fourth-order valence-corrected chi connectivity index (χ4v) is 5.91. The smallest absolute Gasteiger partial charge is 0.271 e. The summed E-state index contributed by atoms with van der Waals surface area (Å²) in [5.74, 6) is -0.241. The maximum absolute atomic E-state index is 12.7. The second-order valence-corrected chi connectivity index (χ2v) is 10.2. The standard InChI is InChI=1S/C18H22N4O5S2/c1-14-5-6-18(28-14)29(26,27)21-11-9-20(10-12-21)8-7-17(23)19-15-3-2-4-16(13-15)22(24)25/h2-6,13H,7-12H2,1H3,(H,19,23). The molecule has 156 valence electrons. The van der Waals surface area contributed by atoms with Gasteiger partial charge in [0, 0.05) is 61.8 Å². The lowest BCUT2D eigenvalue weighted by Crippen LogP contribution is -2.48. The van der Waals surface area contributed by atoms with Crippen molar-refractivity contribution in [1.29, 1.82) is 0 Å². The number of thiophene rings is 1. The molecule has 0 bridgehead atoms. The van der Waals surface area contributed by atoms with Gasteiger partial charge >= 0.3 is 0 Å². The molecule has 0 radical (unpaired) electrons. The molecule has 1 amide bonds. The number of aryl methyl sites for hydroxylation is 1. The molecule has 3 rings (SSSR count). The van der Waals surface area contributed by atoms with Gasteiger partial charge in [-0.25, -0.2) is 8.42 Å². The molecule has 11 heteroatoms. The lowest BCUT2D eigenvalue weighted by Gasteiger charge is -2.33. The second-order valence-electron chi connectivity index (χ2n) is 6.72. The van der Waals surface area contributed by atoms with Crippen molar-refractivity contribution in [2.24, 2.45) is 0 Å². The van der Waals surface area contributed by atoms with Crippen LogP contribution in [0.3, 0.4) is 0 Å². The highest BCUT2D eigenvalue weighted by atomic mass is 32.2. The number of amides is 1. The first kappa shape index (κ1) is 21.4. The molecule has 1 aromatic carbocycles. The summed E-state index contributed by atoms with van der Waals surface area (Å²) in [5.41, 5.74) is 0.299. The number of nitro groups is 1. The van der Waals surface area contributed by atoms with Crippen LogP contribution in [-0.4, -0.2) is 61.2 Å². The molecule has 1 fully saturated rings. The average molecular weight is 439 g/mol. The summed E-state index contributed by atoms with van der Waals surface area (Å²) in [6.07, 6.45) is 0.222. The van der Waals surface area contributed by atoms with Crippen LogP contribution in [0.15, 0.2) is 40.6 Å². The van der Waals surface area contributed by atoms with E-state index in [0.717, 1.165) is 4.88 Å². The Hall–Kier alpha value is -2.34. The first-order valence-electron chi connectivity index (χ1n) is 9.09. The fraction of sp³-hybridized carbons (Fsp3) is 0.389. The third-order valence-electron chi connectivity index (χ3n) is 4.64. The fourth-order valence-electron chi connectivity index (χ4n) is 3.05. The minimum Gasteiger partial charge on any atom is -0.326 e. The highest BCUT2D eigenvalue weighted by molar-refractivity contribution is 7.91. The van der Waals surface area contributed by atoms with Gasteiger partial charge in [-0.05, 0) is 25.1 Å². The Labute approximate surface area is 173 Å². The van der Waals surface area contributed by atoms with Gasteiger partial charge < -0.3 is 10.2 Å². The number of nitrogens with zero attached hydrogens (tertiary/aromatic N) is 3. The monoisotopic (exact) mass is 438 g/mol. The largest absolute Gasteiger partial charge is 0.326 e. The van der Waals surface area contributed by atoms with Crippen LogP contribution in [-0.2, 0) is 14.8 Å². The van der Waals surface area contributed by atoms with Crippen molar-refractivity contribution < 1.29 is 18.1 Å². The molecule has 1 saturated heterocycles. The minimum absolute atomic E-state index is 0.0823. The van der Waals surface area contributed by atoms with Gasteiger partial charge in [0.15, 0.2) is 0 Å². The SMILES string of the molecule is Cc1ccc(S(=O)(=O)N2CCN(CCC(=O)Nc3cccc([N+](=O)[O-])c3)CC2)s1. The van der Waals surface area contributed by atoms with Crippen LogP contribution in [0.2, 0.25) is 0 Å². The number of anilines is 1. The molecule has 0 unspecified atom stereocenters. The predicted molar refractivity (Wildman–Crippen MR) is 111 cm³/mol. The van der Waals surface area contributed by atoms with Crippen LogP contribution in [0.1, 0.15) is 11.3 Å². The van der Waals surface area contributed by atoms with Crippen LogP contribution < -0.4 is 5.32 Å². The van der Waals surface area contributed by atoms with Gasteiger partial charge in [-0.2, -0.15) is 4.31 Å². The van der Waals surface area contributed by atoms with E-state index in [2.05, 4.69) is 5.32 Å². The van der Waals surface area contributed by atoms with Gasteiger partial charge in [0.25, 0.3) is 15.7 Å². The van der Waals surface area contributed by atoms with E-state index < -0.39 is 14.9 Å². The van der Waals surface area contributed by atoms with Crippen LogP contribution in [0, 0.1) is 17.0 Å². The Kier molecular flexibility index (Phi) is 6.63. The number of sulfonamides is 1. The molecular weight excluding hydrogens is 416 g/mol. The molecule has 2 heterocycles. The van der Waals surface area contributed by atoms with E-state index in [9.17, 15) is 23.3 Å². The summed E-state index contributed by atoms with van der Waals surface area (Å²) in [7, 11) is -3.46. The number of hydrogen-bond donors (Lipinski definition) is 1. The highest BCUT2D eigenvalue weighted by Crippen LogP contribution is 2.25. The van der Waals surface area contributed by atoms with Crippen molar-refractivity contribution in [3.8, 4) is 0 Å². The van der Waals surface area contributed by atoms with Crippen LogP contribution >= 0.6 is 11.3 Å². The summed E-state index contributed by atoms with van der Waals surface area (Å²) in [4.78, 5) is 25.4. The molecule has 1 N–H and O–H groups in total. The Morgan fingerprint density at radius 1 is 1.21 bits per heavy atom. The summed E-state index contributed by atoms with van der Waals surface area (Å²) >= 11 is 1.27. The average Bonchev–Trinajstić information content (AvgIpc) is 3.14. The molecule has 9 nitrogen and oxygen atoms in total. The molecule has 2 aromatic rings. The predicted octanol–water partition coefficient (Wildman–Crippen LogP) is 2.30. The van der Waals surface area contributed by atoms with Gasteiger partial charge in [-0.1, -0.05) is 6.07 Å². The zero-order valence-corrected chi connectivity index (χ0v) is 17.5. The third kappa shape index (κ3) is 5.38. The van der Waals surface area contributed by atoms with Crippen molar-refractivity contribution in [1.82, 2.24) is 9.21 Å². The summed E-state index contributed by atoms with van der Waals surface area (Å²) < 4.78 is 27.2. The normalized spacial score (nSPS) is 15.9. The van der Waals surface area contributed by atoms with E-state index in [1.165, 1.54) is 33.8 Å². The Balaban J connectivity index is 1.47. The van der Waals surface area contributed by atoms with Gasteiger partial charge in [0.2, 0.25) is 5.91 Å². The molecule has 0 spiro atoms. The van der Waals surface area contributed by atoms with E-state index in [1.807, 2.05) is 11.8 Å². The van der Waals surface area contributed by atoms with Crippen molar-refractivity contribution in [3.05, 3.63) is 51.4 Å². The van der Waals surface area contributed by atoms with Crippen molar-refractivity contribution in [3.63, 3.8) is 0 Å². The van der Waals surface area contributed by atoms with Gasteiger partial charge in [-0.3, -0.25) is 14.9 Å². The number of nitro benzene ring substituents is 1. The summed E-state index contributed by atoms with van der Waals surface area (Å²) in [5, 5.41) is 13.5. The minimum atomic E-state index is -3.46. The van der Waals surface area contributed by atoms with E-state index in [0.29, 0.717) is 42.6 Å². The number of carbonyl (C=O) groups excluding carboxylic acids is 1. The molecule has 0 aliphatic carbocycles. The van der Waals surface area contributed by atoms with Gasteiger partial charge in [0.1, 0.15) is 4.21 Å². The molecule has 1 aromatic heterocycles.